The quantitative estimate of drug-likeness (QED) is 0.662. The van der Waals surface area contributed by atoms with Crippen molar-refractivity contribution >= 4 is 12.6 Å². The minimum atomic E-state index is -0.168. The molecule has 0 fully saturated rings. The fourth-order valence-corrected chi connectivity index (χ4v) is 3.21. The maximum Gasteiger partial charge on any atom is 0.123 e. The summed E-state index contributed by atoms with van der Waals surface area (Å²) < 4.78 is 0. The number of hydrogen-bond acceptors (Lipinski definition) is 3. The summed E-state index contributed by atoms with van der Waals surface area (Å²) >= 11 is 4.83. The molecule has 1 unspecified atom stereocenters. The minimum Gasteiger partial charge on any atom is -0.507 e. The number of nitrogens with zero attached hydrogens (tertiary/aromatic N) is 1. The summed E-state index contributed by atoms with van der Waals surface area (Å²) in [5, 5.41) is 19.7. The lowest BCUT2D eigenvalue weighted by atomic mass is 9.78. The van der Waals surface area contributed by atoms with Gasteiger partial charge in [0.25, 0.3) is 0 Å². The number of hydrogen-bond donors (Lipinski definition) is 2. The standard InChI is InChI=1S/C22H27NOS/c1-21(2,3)17-11-16(12-18(19(17)24)22(4,5)6)20(25)15-9-7-14(13-23)8-10-15/h7-12,20,24-25H,1-6H3. The molecular formula is C22H27NOS. The zero-order valence-electron chi connectivity index (χ0n) is 15.9. The zero-order valence-corrected chi connectivity index (χ0v) is 16.8. The van der Waals surface area contributed by atoms with Crippen LogP contribution in [-0.2, 0) is 10.8 Å². The summed E-state index contributed by atoms with van der Waals surface area (Å²) in [6, 6.07) is 13.8. The summed E-state index contributed by atoms with van der Waals surface area (Å²) in [6.07, 6.45) is 0. The highest BCUT2D eigenvalue weighted by molar-refractivity contribution is 7.80. The van der Waals surface area contributed by atoms with Crippen molar-refractivity contribution in [2.75, 3.05) is 0 Å². The predicted molar refractivity (Wildman–Crippen MR) is 107 cm³/mol. The van der Waals surface area contributed by atoms with Gasteiger partial charge in [-0.15, -0.1) is 0 Å². The summed E-state index contributed by atoms with van der Waals surface area (Å²) in [5.41, 5.74) is 4.26. The van der Waals surface area contributed by atoms with E-state index in [4.69, 9.17) is 17.9 Å². The molecule has 2 rings (SSSR count). The number of aromatic hydroxyl groups is 1. The van der Waals surface area contributed by atoms with Crippen molar-refractivity contribution in [2.24, 2.45) is 0 Å². The second kappa shape index (κ2) is 6.77. The molecular weight excluding hydrogens is 326 g/mol. The first kappa shape index (κ1) is 19.4. The largest absolute Gasteiger partial charge is 0.507 e. The summed E-state index contributed by atoms with van der Waals surface area (Å²) in [6.45, 7) is 12.6. The Labute approximate surface area is 156 Å². The smallest absolute Gasteiger partial charge is 0.123 e. The summed E-state index contributed by atoms with van der Waals surface area (Å²) in [5.74, 6) is 0.379. The third-order valence-electron chi connectivity index (χ3n) is 4.42. The molecule has 2 aromatic rings. The van der Waals surface area contributed by atoms with Gasteiger partial charge in [-0.25, -0.2) is 0 Å². The van der Waals surface area contributed by atoms with Gasteiger partial charge in [0.05, 0.1) is 16.9 Å². The molecule has 0 aromatic heterocycles. The van der Waals surface area contributed by atoms with Crippen LogP contribution in [0.25, 0.3) is 0 Å². The Kier molecular flexibility index (Phi) is 5.25. The van der Waals surface area contributed by atoms with Crippen molar-refractivity contribution in [1.82, 2.24) is 0 Å². The Morgan fingerprint density at radius 3 is 1.68 bits per heavy atom. The summed E-state index contributed by atoms with van der Waals surface area (Å²) in [4.78, 5) is 0. The fraction of sp³-hybridized carbons (Fsp3) is 0.409. The van der Waals surface area contributed by atoms with Gasteiger partial charge in [-0.2, -0.15) is 17.9 Å². The van der Waals surface area contributed by atoms with Gasteiger partial charge < -0.3 is 5.11 Å². The molecule has 1 N–H and O–H groups in total. The number of phenolic OH excluding ortho intramolecular Hbond substituents is 1. The Hall–Kier alpha value is -1.92. The van der Waals surface area contributed by atoms with Gasteiger partial charge in [0, 0.05) is 0 Å². The van der Waals surface area contributed by atoms with Gasteiger partial charge in [0.1, 0.15) is 5.75 Å². The van der Waals surface area contributed by atoms with Crippen molar-refractivity contribution in [3.8, 4) is 11.8 Å². The maximum absolute atomic E-state index is 10.8. The molecule has 0 aliphatic carbocycles. The number of thiol groups is 1. The van der Waals surface area contributed by atoms with Crippen LogP contribution in [-0.4, -0.2) is 5.11 Å². The van der Waals surface area contributed by atoms with Crippen molar-refractivity contribution in [1.29, 1.82) is 5.26 Å². The van der Waals surface area contributed by atoms with Crippen LogP contribution in [0.4, 0.5) is 0 Å². The SMILES string of the molecule is CC(C)(C)c1cc(C(S)c2ccc(C#N)cc2)cc(C(C)(C)C)c1O. The van der Waals surface area contributed by atoms with E-state index in [0.717, 1.165) is 22.3 Å². The molecule has 132 valence electrons. The second-order valence-corrected chi connectivity index (χ2v) is 9.12. The third-order valence-corrected chi connectivity index (χ3v) is 5.02. The Balaban J connectivity index is 2.62. The topological polar surface area (TPSA) is 44.0 Å². The molecule has 0 radical (unpaired) electrons. The summed E-state index contributed by atoms with van der Waals surface area (Å²) in [7, 11) is 0. The van der Waals surface area contributed by atoms with Crippen molar-refractivity contribution in [3.63, 3.8) is 0 Å². The van der Waals surface area contributed by atoms with Crippen LogP contribution in [0.1, 0.15) is 74.6 Å². The van der Waals surface area contributed by atoms with E-state index in [1.165, 1.54) is 0 Å². The lowest BCUT2D eigenvalue weighted by molar-refractivity contribution is 0.423. The first-order valence-corrected chi connectivity index (χ1v) is 9.03. The van der Waals surface area contributed by atoms with Crippen molar-refractivity contribution in [3.05, 3.63) is 64.2 Å². The van der Waals surface area contributed by atoms with Crippen molar-refractivity contribution in [2.45, 2.75) is 57.6 Å². The van der Waals surface area contributed by atoms with E-state index in [0.29, 0.717) is 11.3 Å². The molecule has 0 aliphatic heterocycles. The van der Waals surface area contributed by atoms with Gasteiger partial charge >= 0.3 is 0 Å². The van der Waals surface area contributed by atoms with E-state index < -0.39 is 0 Å². The molecule has 2 aromatic carbocycles. The van der Waals surface area contributed by atoms with E-state index in [9.17, 15) is 5.11 Å². The molecule has 0 heterocycles. The molecule has 0 saturated carbocycles. The van der Waals surface area contributed by atoms with E-state index >= 15 is 0 Å². The Bertz CT molecular complexity index is 767. The van der Waals surface area contributed by atoms with Crippen LogP contribution in [0.2, 0.25) is 0 Å². The Morgan fingerprint density at radius 1 is 0.880 bits per heavy atom. The van der Waals surface area contributed by atoms with Crippen LogP contribution < -0.4 is 0 Å². The minimum absolute atomic E-state index is 0.115. The van der Waals surface area contributed by atoms with Crippen LogP contribution in [0, 0.1) is 11.3 Å². The maximum atomic E-state index is 10.8. The monoisotopic (exact) mass is 353 g/mol. The molecule has 0 bridgehead atoms. The Morgan fingerprint density at radius 2 is 1.32 bits per heavy atom. The normalized spacial score (nSPS) is 13.4. The average Bonchev–Trinajstić information content (AvgIpc) is 2.52. The lowest BCUT2D eigenvalue weighted by Crippen LogP contribution is -2.18. The number of nitriles is 1. The zero-order chi connectivity index (χ0) is 19.0. The lowest BCUT2D eigenvalue weighted by Gasteiger charge is -2.29. The number of phenols is 1. The molecule has 3 heteroatoms. The highest BCUT2D eigenvalue weighted by Gasteiger charge is 2.27. The second-order valence-electron chi connectivity index (χ2n) is 8.60. The van der Waals surface area contributed by atoms with E-state index in [1.807, 2.05) is 24.3 Å². The van der Waals surface area contributed by atoms with Gasteiger partial charge in [-0.1, -0.05) is 65.8 Å². The molecule has 1 atom stereocenters. The molecule has 0 aliphatic rings. The van der Waals surface area contributed by atoms with Crippen LogP contribution in [0.3, 0.4) is 0 Å². The molecule has 2 nitrogen and oxygen atoms in total. The van der Waals surface area contributed by atoms with Crippen molar-refractivity contribution < 1.29 is 5.11 Å². The van der Waals surface area contributed by atoms with Crippen LogP contribution in [0.15, 0.2) is 36.4 Å². The van der Waals surface area contributed by atoms with Crippen LogP contribution >= 0.6 is 12.6 Å². The average molecular weight is 354 g/mol. The van der Waals surface area contributed by atoms with Crippen LogP contribution in [0.5, 0.6) is 5.75 Å². The van der Waals surface area contributed by atoms with Gasteiger partial charge in [-0.3, -0.25) is 0 Å². The fourth-order valence-electron chi connectivity index (χ4n) is 2.89. The highest BCUT2D eigenvalue weighted by Crippen LogP contribution is 2.42. The molecule has 0 saturated heterocycles. The van der Waals surface area contributed by atoms with E-state index in [1.54, 1.807) is 0 Å². The van der Waals surface area contributed by atoms with Gasteiger partial charge in [0.2, 0.25) is 0 Å². The number of rotatable bonds is 2. The van der Waals surface area contributed by atoms with E-state index in [2.05, 4.69) is 59.7 Å². The molecule has 0 amide bonds. The first-order chi connectivity index (χ1) is 11.4. The molecule has 0 spiro atoms. The molecule has 25 heavy (non-hydrogen) atoms. The highest BCUT2D eigenvalue weighted by atomic mass is 32.1. The third kappa shape index (κ3) is 4.19. The van der Waals surface area contributed by atoms with Gasteiger partial charge in [0.15, 0.2) is 0 Å². The predicted octanol–water partition coefficient (Wildman–Crippen LogP) is 5.88. The van der Waals surface area contributed by atoms with Gasteiger partial charge in [-0.05, 0) is 45.2 Å². The first-order valence-electron chi connectivity index (χ1n) is 8.51. The van der Waals surface area contributed by atoms with E-state index in [-0.39, 0.29) is 16.1 Å². The number of benzene rings is 2.